The Morgan fingerprint density at radius 2 is 1.89 bits per heavy atom. The summed E-state index contributed by atoms with van der Waals surface area (Å²) in [6.07, 6.45) is 6.21. The third-order valence-electron chi connectivity index (χ3n) is 4.52. The van der Waals surface area contributed by atoms with E-state index >= 15 is 0 Å². The number of rotatable bonds is 2. The monoisotopic (exact) mass is 252 g/mol. The number of imide groups is 1. The van der Waals surface area contributed by atoms with E-state index in [0.29, 0.717) is 19.4 Å². The Bertz CT molecular complexity index is 354. The third-order valence-corrected chi connectivity index (χ3v) is 4.52. The highest BCUT2D eigenvalue weighted by Crippen LogP contribution is 2.33. The number of fused-ring (bicyclic) bond motifs is 1. The second-order valence-corrected chi connectivity index (χ2v) is 5.84. The molecule has 3 aliphatic rings. The zero-order chi connectivity index (χ0) is 12.8. The molecule has 3 amide bonds. The Balaban J connectivity index is 1.73. The lowest BCUT2D eigenvalue weighted by molar-refractivity contribution is -0.131. The first-order valence-corrected chi connectivity index (χ1v) is 6.95. The summed E-state index contributed by atoms with van der Waals surface area (Å²) < 4.78 is 0. The normalized spacial score (nSPS) is 31.1. The van der Waals surface area contributed by atoms with Gasteiger partial charge in [-0.2, -0.15) is 0 Å². The van der Waals surface area contributed by atoms with Crippen molar-refractivity contribution in [3.8, 4) is 0 Å². The van der Waals surface area contributed by atoms with E-state index in [-0.39, 0.29) is 24.5 Å². The van der Waals surface area contributed by atoms with Crippen molar-refractivity contribution in [2.45, 2.75) is 56.6 Å². The van der Waals surface area contributed by atoms with Crippen molar-refractivity contribution in [2.24, 2.45) is 0 Å². The number of hydrogen-bond acceptors (Lipinski definition) is 3. The van der Waals surface area contributed by atoms with Crippen LogP contribution in [0.5, 0.6) is 0 Å². The molecule has 18 heavy (non-hydrogen) atoms. The molecule has 0 unspecified atom stereocenters. The summed E-state index contributed by atoms with van der Waals surface area (Å²) in [5.74, 6) is -0.100. The molecule has 5 heteroatoms. The molecule has 100 valence electrons. The second-order valence-electron chi connectivity index (χ2n) is 5.84. The number of nitrogens with zero attached hydrogens (tertiary/aromatic N) is 2. The molecule has 2 heterocycles. The Kier molecular flexibility index (Phi) is 2.81. The predicted molar refractivity (Wildman–Crippen MR) is 64.9 cm³/mol. The van der Waals surface area contributed by atoms with E-state index in [1.54, 1.807) is 4.90 Å². The smallest absolute Gasteiger partial charge is 0.327 e. The zero-order valence-corrected chi connectivity index (χ0v) is 10.6. The molecule has 1 N–H and O–H groups in total. The second kappa shape index (κ2) is 4.23. The van der Waals surface area contributed by atoms with Crippen LogP contribution in [0.4, 0.5) is 4.79 Å². The van der Waals surface area contributed by atoms with E-state index in [0.717, 1.165) is 32.1 Å². The van der Waals surface area contributed by atoms with E-state index in [4.69, 9.17) is 0 Å². The first-order chi connectivity index (χ1) is 8.61. The zero-order valence-electron chi connectivity index (χ0n) is 10.6. The lowest BCUT2D eigenvalue weighted by Crippen LogP contribution is -2.47. The summed E-state index contributed by atoms with van der Waals surface area (Å²) >= 11 is 0. The number of amides is 3. The number of β-amino-alcohol motifs (C(OH)–C–C–N with tert-alkyl or cyclic N) is 1. The maximum absolute atomic E-state index is 12.2. The summed E-state index contributed by atoms with van der Waals surface area (Å²) in [6.45, 7) is 0.877. The number of carbonyl (C=O) groups is 2. The highest BCUT2D eigenvalue weighted by molar-refractivity contribution is 6.04. The first-order valence-electron chi connectivity index (χ1n) is 6.95. The minimum Gasteiger partial charge on any atom is -0.388 e. The fourth-order valence-corrected chi connectivity index (χ4v) is 3.49. The number of aliphatic hydroxyl groups is 1. The van der Waals surface area contributed by atoms with Crippen LogP contribution in [0.25, 0.3) is 0 Å². The number of hydrogen-bond donors (Lipinski definition) is 1. The van der Waals surface area contributed by atoms with Crippen molar-refractivity contribution < 1.29 is 14.7 Å². The molecule has 0 aromatic rings. The molecule has 1 aliphatic carbocycles. The summed E-state index contributed by atoms with van der Waals surface area (Å²) in [5.41, 5.74) is -0.844. The van der Waals surface area contributed by atoms with Crippen molar-refractivity contribution in [3.63, 3.8) is 0 Å². The standard InChI is InChI=1S/C13H20N2O3/c16-11-10-5-4-8-14(10)12(17)15(11)9-13(18)6-2-1-3-7-13/h10,18H,1-9H2/t10-/m0/s1. The van der Waals surface area contributed by atoms with Gasteiger partial charge in [0.05, 0.1) is 12.1 Å². The van der Waals surface area contributed by atoms with Crippen molar-refractivity contribution in [2.75, 3.05) is 13.1 Å². The molecule has 2 aliphatic heterocycles. The van der Waals surface area contributed by atoms with Gasteiger partial charge >= 0.3 is 6.03 Å². The maximum atomic E-state index is 12.2. The lowest BCUT2D eigenvalue weighted by atomic mass is 9.84. The molecule has 0 spiro atoms. The number of carbonyl (C=O) groups excluding carboxylic acids is 2. The fraction of sp³-hybridized carbons (Fsp3) is 0.846. The average molecular weight is 252 g/mol. The molecule has 1 atom stereocenters. The van der Waals surface area contributed by atoms with E-state index in [1.807, 2.05) is 0 Å². The molecular weight excluding hydrogens is 232 g/mol. The largest absolute Gasteiger partial charge is 0.388 e. The van der Waals surface area contributed by atoms with Crippen LogP contribution in [-0.2, 0) is 4.79 Å². The van der Waals surface area contributed by atoms with E-state index in [1.165, 1.54) is 4.90 Å². The van der Waals surface area contributed by atoms with Crippen molar-refractivity contribution in [3.05, 3.63) is 0 Å². The first kappa shape index (κ1) is 12.0. The van der Waals surface area contributed by atoms with Crippen LogP contribution in [0.1, 0.15) is 44.9 Å². The van der Waals surface area contributed by atoms with Gasteiger partial charge in [-0.25, -0.2) is 4.79 Å². The van der Waals surface area contributed by atoms with Gasteiger partial charge < -0.3 is 10.0 Å². The van der Waals surface area contributed by atoms with Gasteiger partial charge in [0.2, 0.25) is 0 Å². The summed E-state index contributed by atoms with van der Waals surface area (Å²) in [7, 11) is 0. The van der Waals surface area contributed by atoms with Gasteiger partial charge in [-0.1, -0.05) is 19.3 Å². The van der Waals surface area contributed by atoms with Crippen LogP contribution in [0.15, 0.2) is 0 Å². The van der Waals surface area contributed by atoms with Gasteiger partial charge in [-0.3, -0.25) is 9.69 Å². The minimum absolute atomic E-state index is 0.100. The SMILES string of the molecule is O=C1[C@@H]2CCCN2C(=O)N1CC1(O)CCCCC1. The van der Waals surface area contributed by atoms with E-state index < -0.39 is 5.60 Å². The molecule has 0 aromatic carbocycles. The highest BCUT2D eigenvalue weighted by Gasteiger charge is 2.49. The fourth-order valence-electron chi connectivity index (χ4n) is 3.49. The van der Waals surface area contributed by atoms with Gasteiger partial charge in [0.25, 0.3) is 5.91 Å². The molecule has 1 saturated carbocycles. The third kappa shape index (κ3) is 1.81. The molecule has 2 saturated heterocycles. The van der Waals surface area contributed by atoms with Crippen LogP contribution >= 0.6 is 0 Å². The quantitative estimate of drug-likeness (QED) is 0.749. The van der Waals surface area contributed by atoms with Crippen molar-refractivity contribution in [1.82, 2.24) is 9.80 Å². The van der Waals surface area contributed by atoms with Crippen LogP contribution in [0, 0.1) is 0 Å². The highest BCUT2D eigenvalue weighted by atomic mass is 16.3. The Hall–Kier alpha value is -1.10. The summed E-state index contributed by atoms with van der Waals surface area (Å²) in [4.78, 5) is 27.2. The Morgan fingerprint density at radius 3 is 2.56 bits per heavy atom. The van der Waals surface area contributed by atoms with Crippen molar-refractivity contribution in [1.29, 1.82) is 0 Å². The minimum atomic E-state index is -0.844. The van der Waals surface area contributed by atoms with Crippen molar-refractivity contribution >= 4 is 11.9 Å². The predicted octanol–water partition coefficient (Wildman–Crippen LogP) is 1.11. The summed E-state index contributed by atoms with van der Waals surface area (Å²) in [5, 5.41) is 10.5. The molecule has 0 radical (unpaired) electrons. The van der Waals surface area contributed by atoms with Gasteiger partial charge in [0.1, 0.15) is 6.04 Å². The molecule has 0 bridgehead atoms. The van der Waals surface area contributed by atoms with Gasteiger partial charge in [-0.05, 0) is 25.7 Å². The molecule has 3 rings (SSSR count). The lowest BCUT2D eigenvalue weighted by Gasteiger charge is -2.34. The number of urea groups is 1. The van der Waals surface area contributed by atoms with Gasteiger partial charge in [0, 0.05) is 6.54 Å². The topological polar surface area (TPSA) is 60.9 Å². The van der Waals surface area contributed by atoms with Crippen LogP contribution in [0.2, 0.25) is 0 Å². The van der Waals surface area contributed by atoms with Crippen LogP contribution < -0.4 is 0 Å². The van der Waals surface area contributed by atoms with Crippen LogP contribution in [0.3, 0.4) is 0 Å². The van der Waals surface area contributed by atoms with Gasteiger partial charge in [-0.15, -0.1) is 0 Å². The Labute approximate surface area is 107 Å². The molecule has 0 aromatic heterocycles. The van der Waals surface area contributed by atoms with E-state index in [9.17, 15) is 14.7 Å². The van der Waals surface area contributed by atoms with Gasteiger partial charge in [0.15, 0.2) is 0 Å². The molecular formula is C13H20N2O3. The average Bonchev–Trinajstić information content (AvgIpc) is 2.91. The summed E-state index contributed by atoms with van der Waals surface area (Å²) in [6, 6.07) is -0.439. The van der Waals surface area contributed by atoms with Crippen LogP contribution in [-0.4, -0.2) is 51.6 Å². The maximum Gasteiger partial charge on any atom is 0.327 e. The Morgan fingerprint density at radius 1 is 1.17 bits per heavy atom. The van der Waals surface area contributed by atoms with E-state index in [2.05, 4.69) is 0 Å². The molecule has 3 fully saturated rings. The molecule has 5 nitrogen and oxygen atoms in total.